The van der Waals surface area contributed by atoms with Crippen molar-refractivity contribution < 1.29 is 94.4 Å². The molecule has 44 heteroatoms. The molecule has 1 aliphatic heterocycles. The number of carbonyl (C=O) groups excluding carboxylic acids is 3. The third-order valence-corrected chi connectivity index (χ3v) is 24.2. The molecule has 0 saturated heterocycles. The Bertz CT molecular complexity index is 8530. The number of imide groups is 1. The van der Waals surface area contributed by atoms with Crippen LogP contribution in [0.25, 0.3) is 93.6 Å². The van der Waals surface area contributed by atoms with Crippen molar-refractivity contribution in [3.8, 4) is 22.8 Å². The van der Waals surface area contributed by atoms with Crippen molar-refractivity contribution in [3.63, 3.8) is 0 Å². The Hall–Kier alpha value is -16.8. The maximum Gasteiger partial charge on any atom is 0.416 e. The number of nitro groups is 1. The van der Waals surface area contributed by atoms with Crippen molar-refractivity contribution in [1.82, 2.24) is 56.9 Å². The second-order valence-corrected chi connectivity index (χ2v) is 33.0. The van der Waals surface area contributed by atoms with Gasteiger partial charge in [0.15, 0.2) is 28.4 Å². The first-order valence-electron chi connectivity index (χ1n) is 39.6. The van der Waals surface area contributed by atoms with E-state index in [9.17, 15) is 124 Å². The fourth-order valence-electron chi connectivity index (χ4n) is 16.3. The monoisotopic (exact) mass is 1950 g/mol. The number of anilines is 1. The number of nitrogens with zero attached hydrogens (tertiary/aromatic N) is 10. The topological polar surface area (TPSA) is 469 Å². The summed E-state index contributed by atoms with van der Waals surface area (Å²) in [5.74, 6) is -6.72. The van der Waals surface area contributed by atoms with Crippen LogP contribution in [0.5, 0.6) is 5.75 Å². The number of fused-ring (bicyclic) bond motifs is 8. The number of benzene rings is 8. The number of H-pyrrole nitrogens is 4. The van der Waals surface area contributed by atoms with Crippen LogP contribution in [0.2, 0.25) is 0 Å². The lowest BCUT2D eigenvalue weighted by Gasteiger charge is -2.27. The number of ketones is 1. The van der Waals surface area contributed by atoms with Gasteiger partial charge in [0, 0.05) is 98.3 Å². The minimum atomic E-state index is -4.82. The molecule has 18 aromatic rings. The summed E-state index contributed by atoms with van der Waals surface area (Å²) in [6, 6.07) is 38.9. The van der Waals surface area contributed by atoms with E-state index < -0.39 is 126 Å². The number of rotatable bonds is 18. The van der Waals surface area contributed by atoms with Crippen LogP contribution in [0.3, 0.4) is 0 Å². The Morgan fingerprint density at radius 3 is 1.51 bits per heavy atom. The molecule has 8 aromatic carbocycles. The molecule has 11 heterocycles. The number of aromatic nitrogens is 12. The molecule has 135 heavy (non-hydrogen) atoms. The molecule has 34 nitrogen and oxygen atoms in total. The first-order chi connectivity index (χ1) is 64.1. The number of hydrogen-bond donors (Lipinski definition) is 8. The zero-order valence-corrected chi connectivity index (χ0v) is 72.9. The van der Waals surface area contributed by atoms with E-state index >= 15 is 0 Å². The molecule has 0 bridgehead atoms. The highest BCUT2D eigenvalue weighted by Gasteiger charge is 2.40. The van der Waals surface area contributed by atoms with Crippen molar-refractivity contribution in [3.05, 3.63) is 347 Å². The molecule has 684 valence electrons. The van der Waals surface area contributed by atoms with Gasteiger partial charge in [0.05, 0.1) is 103 Å². The second kappa shape index (κ2) is 35.5. The van der Waals surface area contributed by atoms with Crippen molar-refractivity contribution in [2.45, 2.75) is 58.7 Å². The van der Waals surface area contributed by atoms with Crippen LogP contribution < -0.4 is 43.4 Å². The maximum atomic E-state index is 14.2. The Morgan fingerprint density at radius 1 is 0.526 bits per heavy atom. The van der Waals surface area contributed by atoms with E-state index in [1.54, 1.807) is 109 Å². The number of hydrogen-bond acceptors (Lipinski definition) is 19. The molecule has 8 N–H and O–H groups in total. The number of imidazole rings is 1. The lowest BCUT2D eigenvalue weighted by Crippen LogP contribution is -2.43. The van der Waals surface area contributed by atoms with Gasteiger partial charge in [-0.25, -0.2) is 61.5 Å². The van der Waals surface area contributed by atoms with Crippen LogP contribution in [0.1, 0.15) is 104 Å². The maximum absolute atomic E-state index is 14.2. The number of alkyl halides is 6. The van der Waals surface area contributed by atoms with E-state index in [-0.39, 0.29) is 116 Å². The average molecular weight is 1950 g/mol. The number of halogens is 8. The number of carboxylic acids is 4. The molecule has 2 amide bonds. The van der Waals surface area contributed by atoms with Crippen LogP contribution in [-0.2, 0) is 61.5 Å². The Kier molecular flexibility index (Phi) is 24.1. The van der Waals surface area contributed by atoms with E-state index in [1.165, 1.54) is 70.0 Å². The molecule has 0 saturated carbocycles. The van der Waals surface area contributed by atoms with Gasteiger partial charge >= 0.3 is 53.3 Å². The SMILES string of the molecule is CC(=O)Cc1ccc2c(c1)c(N1C(=O)Cc3ccccc3C1=O)c(C(=O)O)n2C.COc1cccc(Cn2c(C(=O)O)c(-n3c(=O)[nH]c4cscc4c3=O)c3cc(Br)ccc32)c1.Cc1ccc(Cn2c(C(=O)O)c(-n3c(=O)[nH]c4cscc4c3=O)c3cc(C(F)(F)F)ccc32)cc1F.O=C(O)c1c(-n2c(=O)[nH]c3nc[nH]c3c2=O)c2cc(C(F)(F)F)ccc2n1Cc1cccc([N+](=O)[O-])c1. The number of carbonyl (C=O) groups is 7. The molecule has 1 aliphatic rings. The van der Waals surface area contributed by atoms with Gasteiger partial charge in [-0.1, -0.05) is 76.6 Å². The minimum absolute atomic E-state index is 0.00446. The normalized spacial score (nSPS) is 12.2. The van der Waals surface area contributed by atoms with Crippen molar-refractivity contribution in [2.75, 3.05) is 12.0 Å². The molecule has 0 fully saturated rings. The third-order valence-electron chi connectivity index (χ3n) is 22.2. The number of amides is 2. The summed E-state index contributed by atoms with van der Waals surface area (Å²) in [5.41, 5.74) is -5.61. The largest absolute Gasteiger partial charge is 0.497 e. The van der Waals surface area contributed by atoms with Crippen LogP contribution in [-0.4, -0.2) is 131 Å². The molecule has 0 unspecified atom stereocenters. The van der Waals surface area contributed by atoms with Gasteiger partial charge in [-0.3, -0.25) is 43.9 Å². The lowest BCUT2D eigenvalue weighted by molar-refractivity contribution is -0.384. The highest BCUT2D eigenvalue weighted by atomic mass is 79.9. The number of Topliss-reactive ketones (excluding diaryl/α,β-unsaturated/α-hetero) is 1. The van der Waals surface area contributed by atoms with Gasteiger partial charge in [0.2, 0.25) is 5.91 Å². The zero-order valence-electron chi connectivity index (χ0n) is 69.6. The fraction of sp³-hybridized carbons (Fsp3) is 0.121. The van der Waals surface area contributed by atoms with Gasteiger partial charge in [0.25, 0.3) is 28.3 Å². The molecule has 0 aliphatic carbocycles. The summed E-state index contributed by atoms with van der Waals surface area (Å²) >= 11 is 5.82. The molecule has 0 radical (unpaired) electrons. The first-order valence-corrected chi connectivity index (χ1v) is 42.3. The van der Waals surface area contributed by atoms with Gasteiger partial charge in [-0.2, -0.15) is 26.3 Å². The number of aromatic amines is 4. The van der Waals surface area contributed by atoms with Gasteiger partial charge in [-0.05, 0) is 138 Å². The van der Waals surface area contributed by atoms with Gasteiger partial charge in [0.1, 0.15) is 22.9 Å². The molecular weight excluding hydrogens is 1890 g/mol. The molecule has 10 aromatic heterocycles. The van der Waals surface area contributed by atoms with Crippen molar-refractivity contribution in [2.24, 2.45) is 7.05 Å². The van der Waals surface area contributed by atoms with E-state index in [0.29, 0.717) is 92.0 Å². The number of non-ortho nitro benzene ring substituents is 1. The number of nitrogens with one attached hydrogen (secondary N) is 4. The van der Waals surface area contributed by atoms with E-state index in [1.807, 2.05) is 18.2 Å². The zero-order chi connectivity index (χ0) is 96.7. The summed E-state index contributed by atoms with van der Waals surface area (Å²) in [6.45, 7) is 2.64. The fourth-order valence-corrected chi connectivity index (χ4v) is 18.2. The summed E-state index contributed by atoms with van der Waals surface area (Å²) < 4.78 is 109. The van der Waals surface area contributed by atoms with Crippen molar-refractivity contribution >= 4 is 168 Å². The minimum Gasteiger partial charge on any atom is -0.497 e. The molecule has 0 atom stereocenters. The number of aryl methyl sites for hydroxylation is 2. The average Bonchev–Trinajstić information content (AvgIpc) is 1.54. The smallest absolute Gasteiger partial charge is 0.416 e. The summed E-state index contributed by atoms with van der Waals surface area (Å²) in [4.78, 5) is 191. The quantitative estimate of drug-likeness (QED) is 0.0171. The Labute approximate surface area is 763 Å². The van der Waals surface area contributed by atoms with Gasteiger partial charge in [-0.15, -0.1) is 22.7 Å². The predicted octanol–water partition coefficient (Wildman–Crippen LogP) is 14.9. The molecular formula is C91H62BrF7N14O20S2. The Morgan fingerprint density at radius 2 is 1.00 bits per heavy atom. The van der Waals surface area contributed by atoms with E-state index in [0.717, 1.165) is 66.1 Å². The van der Waals surface area contributed by atoms with E-state index in [4.69, 9.17) is 4.74 Å². The molecule has 0 spiro atoms. The third kappa shape index (κ3) is 16.9. The highest BCUT2D eigenvalue weighted by molar-refractivity contribution is 9.10. The van der Waals surface area contributed by atoms with Crippen LogP contribution in [0.15, 0.2) is 225 Å². The predicted molar refractivity (Wildman–Crippen MR) is 484 cm³/mol. The number of thiophene rings is 2. The summed E-state index contributed by atoms with van der Waals surface area (Å²) in [6.07, 6.45) is -8.30. The van der Waals surface area contributed by atoms with Gasteiger partial charge < -0.3 is 58.4 Å². The summed E-state index contributed by atoms with van der Waals surface area (Å²) in [5, 5.41) is 58.5. The van der Waals surface area contributed by atoms with E-state index in [2.05, 4.69) is 40.8 Å². The number of ether oxygens (including phenoxy) is 1. The van der Waals surface area contributed by atoms with Crippen LogP contribution in [0.4, 0.5) is 42.1 Å². The number of methoxy groups -OCH3 is 1. The second-order valence-electron chi connectivity index (χ2n) is 30.6. The van der Waals surface area contributed by atoms with Crippen molar-refractivity contribution in [1.29, 1.82) is 0 Å². The molecule has 19 rings (SSSR count). The number of carboxylic acid groups (broad SMARTS) is 4. The first kappa shape index (κ1) is 91.5. The number of aromatic carboxylic acids is 4. The summed E-state index contributed by atoms with van der Waals surface area (Å²) in [7, 11) is 3.13. The standard InChI is InChI=1S/C24H15F4N3O4S.C23H16BrN3O5S.C22H13F3N6O6.C22H18N2O5/c1-11-2-3-12(6-16(11)25)8-30-18-5-4-13(24(26,27)28)7-14(18)19(20(30)22(33)34)31-21(32)15-9-36-10-17(15)29-23(31)35;1-32-14-4-2-3-12(7-14)9-26-18-6-5-13(24)8-15(18)19(20(26)22(29)30)27-21(28)16-10-33-11-17(16)25-23(27)31;23-22(24,25)11-4-5-14-13(7-11)16(30-19(32)15-18(27-9-26-15)28-21(30)35)17(20(33)34)29(14)8-10-2-1-3-12(6-10)31(36)37;1-12(25)9-13-7-8-17-16(10-13)19(20(22(28)29)23(17)2)24-18(26)11-14-5-3-4-6-15(14)21(24)27/h2-7,9-10H,8H2,1H3,(H,29,35)(H,33,34);2-8,10-11H,9H2,1H3,(H,25,31)(H,29,30);1-7,9H,8H2,(H,26,27)(H,28,35)(H,33,34);3-8,10H,9,11H2,1-2H3,(H,28,29). The Balaban J connectivity index is 0.000000131. The highest BCUT2D eigenvalue weighted by Crippen LogP contribution is 2.42. The van der Waals surface area contributed by atoms with Crippen LogP contribution in [0, 0.1) is 22.9 Å². The lowest BCUT2D eigenvalue weighted by atomic mass is 9.97. The van der Waals surface area contributed by atoms with Crippen LogP contribution >= 0.6 is 38.6 Å². The number of nitro benzene ring substituents is 1.